The molecule has 0 unspecified atom stereocenters. The molecule has 10 heteroatoms. The molecule has 1 amide bonds. The van der Waals surface area contributed by atoms with Crippen LogP contribution in [0.2, 0.25) is 0 Å². The first-order chi connectivity index (χ1) is 14.2. The Kier molecular flexibility index (Phi) is 7.02. The van der Waals surface area contributed by atoms with Crippen LogP contribution in [-0.2, 0) is 14.8 Å². The average molecular weight is 450 g/mol. The van der Waals surface area contributed by atoms with Gasteiger partial charge < -0.3 is 5.32 Å². The summed E-state index contributed by atoms with van der Waals surface area (Å²) in [6.45, 7) is 8.16. The summed E-state index contributed by atoms with van der Waals surface area (Å²) in [5, 5.41) is 10.4. The van der Waals surface area contributed by atoms with Crippen LogP contribution in [0.3, 0.4) is 0 Å². The molecule has 3 rings (SSSR count). The summed E-state index contributed by atoms with van der Waals surface area (Å²) in [5.74, 6) is -0.236. The van der Waals surface area contributed by atoms with Crippen LogP contribution in [0.25, 0.3) is 6.08 Å². The molecule has 2 heterocycles. The molecule has 162 valence electrons. The van der Waals surface area contributed by atoms with Crippen molar-refractivity contribution in [1.82, 2.24) is 19.4 Å². The Morgan fingerprint density at radius 3 is 2.43 bits per heavy atom. The average Bonchev–Trinajstić information content (AvgIpc) is 3.18. The fraction of sp³-hybridized carbons (Fsp3) is 0.450. The molecule has 0 aliphatic carbocycles. The van der Waals surface area contributed by atoms with E-state index < -0.39 is 15.4 Å². The highest BCUT2D eigenvalue weighted by Crippen LogP contribution is 2.25. The van der Waals surface area contributed by atoms with Crippen molar-refractivity contribution < 1.29 is 13.2 Å². The minimum atomic E-state index is -3.72. The number of aromatic nitrogens is 2. The van der Waals surface area contributed by atoms with Crippen molar-refractivity contribution in [2.24, 2.45) is 5.41 Å². The number of hydrogen-bond acceptors (Lipinski definition) is 7. The number of rotatable bonds is 6. The molecule has 0 radical (unpaired) electrons. The van der Waals surface area contributed by atoms with Gasteiger partial charge in [-0.25, -0.2) is 8.42 Å². The van der Waals surface area contributed by atoms with Gasteiger partial charge in [-0.3, -0.25) is 9.69 Å². The third-order valence-corrected chi connectivity index (χ3v) is 7.76. The number of anilines is 1. The Labute approximate surface area is 181 Å². The van der Waals surface area contributed by atoms with E-state index >= 15 is 0 Å². The maximum Gasteiger partial charge on any atom is 0.272 e. The van der Waals surface area contributed by atoms with E-state index in [2.05, 4.69) is 32.6 Å². The van der Waals surface area contributed by atoms with Gasteiger partial charge in [0.25, 0.3) is 10.0 Å². The molecule has 1 fully saturated rings. The SMILES string of the molecule is CC(C)(C)C(=O)Nc1nnc(S(=O)(=O)N2CCN(C/C=C/c3ccccc3)CC2)s1. The highest BCUT2D eigenvalue weighted by Gasteiger charge is 2.32. The van der Waals surface area contributed by atoms with Crippen LogP contribution < -0.4 is 5.32 Å². The first-order valence-corrected chi connectivity index (χ1v) is 12.0. The van der Waals surface area contributed by atoms with Crippen molar-refractivity contribution >= 4 is 38.5 Å². The predicted octanol–water partition coefficient (Wildman–Crippen LogP) is 2.54. The minimum Gasteiger partial charge on any atom is -0.300 e. The van der Waals surface area contributed by atoms with Gasteiger partial charge in [0.1, 0.15) is 0 Å². The maximum atomic E-state index is 12.9. The van der Waals surface area contributed by atoms with Gasteiger partial charge in [-0.1, -0.05) is 74.6 Å². The molecule has 0 saturated carbocycles. The van der Waals surface area contributed by atoms with Crippen molar-refractivity contribution in [3.63, 3.8) is 0 Å². The second kappa shape index (κ2) is 9.34. The first-order valence-electron chi connectivity index (χ1n) is 9.75. The lowest BCUT2D eigenvalue weighted by Crippen LogP contribution is -2.48. The maximum absolute atomic E-state index is 12.9. The van der Waals surface area contributed by atoms with Crippen LogP contribution >= 0.6 is 11.3 Å². The minimum absolute atomic E-state index is 0.0934. The van der Waals surface area contributed by atoms with Crippen LogP contribution in [0.4, 0.5) is 5.13 Å². The Balaban J connectivity index is 1.54. The Morgan fingerprint density at radius 1 is 1.13 bits per heavy atom. The summed E-state index contributed by atoms with van der Waals surface area (Å²) in [6, 6.07) is 10.1. The normalized spacial score (nSPS) is 16.8. The quantitative estimate of drug-likeness (QED) is 0.681. The van der Waals surface area contributed by atoms with E-state index in [9.17, 15) is 13.2 Å². The number of carbonyl (C=O) groups excluding carboxylic acids is 1. The highest BCUT2D eigenvalue weighted by atomic mass is 32.2. The van der Waals surface area contributed by atoms with Gasteiger partial charge in [0, 0.05) is 38.1 Å². The van der Waals surface area contributed by atoms with Crippen LogP contribution in [-0.4, -0.2) is 66.5 Å². The Morgan fingerprint density at radius 2 is 1.80 bits per heavy atom. The summed E-state index contributed by atoms with van der Waals surface area (Å²) in [4.78, 5) is 14.3. The molecule has 1 aromatic heterocycles. The first kappa shape index (κ1) is 22.5. The van der Waals surface area contributed by atoms with Gasteiger partial charge in [-0.05, 0) is 5.56 Å². The fourth-order valence-electron chi connectivity index (χ4n) is 2.81. The van der Waals surface area contributed by atoms with Crippen LogP contribution in [0, 0.1) is 5.41 Å². The van der Waals surface area contributed by atoms with Gasteiger partial charge in [0.15, 0.2) is 0 Å². The van der Waals surface area contributed by atoms with Crippen molar-refractivity contribution in [1.29, 1.82) is 0 Å². The van der Waals surface area contributed by atoms with Gasteiger partial charge in [0.05, 0.1) is 0 Å². The standard InChI is InChI=1S/C20H27N5O3S2/c1-20(2,3)17(26)21-18-22-23-19(29-18)30(27,28)25-14-12-24(13-15-25)11-7-10-16-8-5-4-6-9-16/h4-10H,11-15H2,1-3H3,(H,21,22,26)/b10-7+. The van der Waals surface area contributed by atoms with Crippen LogP contribution in [0.1, 0.15) is 26.3 Å². The van der Waals surface area contributed by atoms with E-state index in [4.69, 9.17) is 0 Å². The van der Waals surface area contributed by atoms with Gasteiger partial charge in [-0.15, -0.1) is 10.2 Å². The summed E-state index contributed by atoms with van der Waals surface area (Å²) >= 11 is 0.882. The number of carbonyl (C=O) groups is 1. The number of amides is 1. The molecule has 1 aliphatic rings. The topological polar surface area (TPSA) is 95.5 Å². The van der Waals surface area contributed by atoms with Crippen molar-refractivity contribution in [2.45, 2.75) is 25.1 Å². The van der Waals surface area contributed by atoms with Crippen molar-refractivity contribution in [2.75, 3.05) is 38.0 Å². The third-order valence-electron chi connectivity index (χ3n) is 4.67. The highest BCUT2D eigenvalue weighted by molar-refractivity contribution is 7.91. The zero-order chi connectivity index (χ0) is 21.8. The zero-order valence-electron chi connectivity index (χ0n) is 17.4. The summed E-state index contributed by atoms with van der Waals surface area (Å²) in [5.41, 5.74) is 0.542. The number of nitrogens with zero attached hydrogens (tertiary/aromatic N) is 4. The molecule has 0 bridgehead atoms. The molecule has 1 saturated heterocycles. The fourth-order valence-corrected chi connectivity index (χ4v) is 5.27. The van der Waals surface area contributed by atoms with E-state index in [-0.39, 0.29) is 15.4 Å². The largest absolute Gasteiger partial charge is 0.300 e. The van der Waals surface area contributed by atoms with E-state index in [1.54, 1.807) is 20.8 Å². The molecular weight excluding hydrogens is 422 g/mol. The lowest BCUT2D eigenvalue weighted by atomic mass is 9.96. The molecule has 30 heavy (non-hydrogen) atoms. The summed E-state index contributed by atoms with van der Waals surface area (Å²) in [7, 11) is -3.72. The number of piperazine rings is 1. The van der Waals surface area contributed by atoms with E-state index in [1.807, 2.05) is 30.3 Å². The van der Waals surface area contributed by atoms with E-state index in [1.165, 1.54) is 4.31 Å². The lowest BCUT2D eigenvalue weighted by Gasteiger charge is -2.32. The van der Waals surface area contributed by atoms with Gasteiger partial charge in [-0.2, -0.15) is 4.31 Å². The molecule has 1 N–H and O–H groups in total. The van der Waals surface area contributed by atoms with E-state index in [0.29, 0.717) is 26.2 Å². The van der Waals surface area contributed by atoms with Crippen molar-refractivity contribution in [3.8, 4) is 0 Å². The molecule has 0 spiro atoms. The summed E-state index contributed by atoms with van der Waals surface area (Å²) < 4.78 is 27.1. The van der Waals surface area contributed by atoms with Crippen LogP contribution in [0.15, 0.2) is 40.7 Å². The summed E-state index contributed by atoms with van der Waals surface area (Å²) in [6.07, 6.45) is 4.16. The van der Waals surface area contributed by atoms with Gasteiger partial charge in [0.2, 0.25) is 15.4 Å². The van der Waals surface area contributed by atoms with E-state index in [0.717, 1.165) is 23.4 Å². The number of nitrogens with one attached hydrogen (secondary N) is 1. The Bertz CT molecular complexity index is 989. The molecule has 8 nitrogen and oxygen atoms in total. The Hall–Kier alpha value is -2.14. The lowest BCUT2D eigenvalue weighted by molar-refractivity contribution is -0.123. The predicted molar refractivity (Wildman–Crippen MR) is 119 cm³/mol. The third kappa shape index (κ3) is 5.72. The van der Waals surface area contributed by atoms with Crippen LogP contribution in [0.5, 0.6) is 0 Å². The molecule has 2 aromatic rings. The second-order valence-corrected chi connectivity index (χ2v) is 11.2. The van der Waals surface area contributed by atoms with Crippen molar-refractivity contribution in [3.05, 3.63) is 42.0 Å². The number of benzene rings is 1. The molecule has 1 aliphatic heterocycles. The monoisotopic (exact) mass is 449 g/mol. The second-order valence-electron chi connectivity index (χ2n) is 8.09. The smallest absolute Gasteiger partial charge is 0.272 e. The zero-order valence-corrected chi connectivity index (χ0v) is 19.0. The molecule has 0 atom stereocenters. The molecular formula is C20H27N5O3S2. The number of hydrogen-bond donors (Lipinski definition) is 1. The van der Waals surface area contributed by atoms with Gasteiger partial charge >= 0.3 is 0 Å². The molecule has 1 aromatic carbocycles. The number of sulfonamides is 1.